The van der Waals surface area contributed by atoms with Gasteiger partial charge in [-0.15, -0.1) is 0 Å². The van der Waals surface area contributed by atoms with Crippen molar-refractivity contribution < 1.29 is 9.13 Å². The number of benzene rings is 1. The zero-order valence-electron chi connectivity index (χ0n) is 10.4. The van der Waals surface area contributed by atoms with E-state index in [-0.39, 0.29) is 5.02 Å². The number of halogens is 2. The Hall–Kier alpha value is -1.92. The second kappa shape index (κ2) is 4.88. The molecule has 2 aromatic heterocycles. The maximum atomic E-state index is 13.2. The van der Waals surface area contributed by atoms with Crippen molar-refractivity contribution in [1.29, 1.82) is 0 Å². The molecule has 20 heavy (non-hydrogen) atoms. The minimum Gasteiger partial charge on any atom is -0.481 e. The SMILES string of the molecule is COc1ccc2[nH]c(=S)n(-c3ccc(F)cc3Cl)c2n1. The summed E-state index contributed by atoms with van der Waals surface area (Å²) >= 11 is 11.4. The number of H-pyrrole nitrogens is 1. The number of methoxy groups -OCH3 is 1. The Labute approximate surface area is 123 Å². The highest BCUT2D eigenvalue weighted by Gasteiger charge is 2.12. The Balaban J connectivity index is 2.34. The van der Waals surface area contributed by atoms with Crippen LogP contribution in [-0.2, 0) is 0 Å². The summed E-state index contributed by atoms with van der Waals surface area (Å²) in [5.41, 5.74) is 1.88. The van der Waals surface area contributed by atoms with Crippen LogP contribution >= 0.6 is 23.8 Å². The number of rotatable bonds is 2. The van der Waals surface area contributed by atoms with Gasteiger partial charge in [0.1, 0.15) is 5.82 Å². The van der Waals surface area contributed by atoms with E-state index in [2.05, 4.69) is 9.97 Å². The molecule has 2 heterocycles. The molecule has 0 amide bonds. The molecule has 0 fully saturated rings. The van der Waals surface area contributed by atoms with Gasteiger partial charge >= 0.3 is 0 Å². The summed E-state index contributed by atoms with van der Waals surface area (Å²) in [6, 6.07) is 7.65. The average molecular weight is 310 g/mol. The minimum absolute atomic E-state index is 0.256. The van der Waals surface area contributed by atoms with E-state index in [1.165, 1.54) is 19.2 Å². The van der Waals surface area contributed by atoms with E-state index >= 15 is 0 Å². The molecule has 0 radical (unpaired) electrons. The predicted octanol–water partition coefficient (Wildman–Crippen LogP) is 3.88. The van der Waals surface area contributed by atoms with Crippen molar-refractivity contribution in [2.75, 3.05) is 7.11 Å². The second-order valence-electron chi connectivity index (χ2n) is 4.09. The van der Waals surface area contributed by atoms with Crippen LogP contribution in [0.4, 0.5) is 4.39 Å². The van der Waals surface area contributed by atoms with Crippen molar-refractivity contribution in [3.8, 4) is 11.6 Å². The lowest BCUT2D eigenvalue weighted by Gasteiger charge is -2.07. The van der Waals surface area contributed by atoms with Crippen LogP contribution < -0.4 is 4.74 Å². The van der Waals surface area contributed by atoms with Crippen LogP contribution in [0.2, 0.25) is 5.02 Å². The van der Waals surface area contributed by atoms with Gasteiger partial charge in [0.2, 0.25) is 5.88 Å². The number of aromatic nitrogens is 3. The molecule has 1 N–H and O–H groups in total. The molecule has 7 heteroatoms. The molecule has 0 bridgehead atoms. The number of pyridine rings is 1. The van der Waals surface area contributed by atoms with Crippen molar-refractivity contribution in [1.82, 2.24) is 14.5 Å². The molecule has 0 atom stereocenters. The van der Waals surface area contributed by atoms with Gasteiger partial charge < -0.3 is 9.72 Å². The van der Waals surface area contributed by atoms with Gasteiger partial charge in [-0.3, -0.25) is 4.57 Å². The summed E-state index contributed by atoms with van der Waals surface area (Å²) in [4.78, 5) is 7.37. The van der Waals surface area contributed by atoms with Gasteiger partial charge in [0, 0.05) is 6.07 Å². The first-order valence-electron chi connectivity index (χ1n) is 5.71. The molecule has 0 saturated carbocycles. The van der Waals surface area contributed by atoms with Crippen LogP contribution in [0.25, 0.3) is 16.9 Å². The summed E-state index contributed by atoms with van der Waals surface area (Å²) in [5.74, 6) is 0.0501. The summed E-state index contributed by atoms with van der Waals surface area (Å²) in [6.07, 6.45) is 0. The van der Waals surface area contributed by atoms with E-state index in [9.17, 15) is 4.39 Å². The molecular formula is C13H9ClFN3OS. The Kier molecular flexibility index (Phi) is 3.19. The monoisotopic (exact) mass is 309 g/mol. The lowest BCUT2D eigenvalue weighted by Crippen LogP contribution is -1.98. The number of fused-ring (bicyclic) bond motifs is 1. The van der Waals surface area contributed by atoms with E-state index in [0.29, 0.717) is 22.0 Å². The summed E-state index contributed by atoms with van der Waals surface area (Å²) in [5, 5.41) is 0.256. The number of imidazole rings is 1. The number of nitrogens with zero attached hydrogens (tertiary/aromatic N) is 2. The normalized spacial score (nSPS) is 10.9. The van der Waals surface area contributed by atoms with Crippen LogP contribution in [0.5, 0.6) is 5.88 Å². The third-order valence-corrected chi connectivity index (χ3v) is 3.45. The summed E-state index contributed by atoms with van der Waals surface area (Å²) in [7, 11) is 1.53. The molecule has 0 aliphatic heterocycles. The lowest BCUT2D eigenvalue weighted by atomic mass is 10.3. The summed E-state index contributed by atoms with van der Waals surface area (Å²) < 4.78 is 20.3. The largest absolute Gasteiger partial charge is 0.481 e. The molecule has 3 aromatic rings. The van der Waals surface area contributed by atoms with Gasteiger partial charge in [-0.1, -0.05) is 11.6 Å². The third-order valence-electron chi connectivity index (χ3n) is 2.87. The quantitative estimate of drug-likeness (QED) is 0.730. The first-order chi connectivity index (χ1) is 9.60. The highest BCUT2D eigenvalue weighted by atomic mass is 35.5. The fraction of sp³-hybridized carbons (Fsp3) is 0.0769. The molecule has 1 aromatic carbocycles. The summed E-state index contributed by atoms with van der Waals surface area (Å²) in [6.45, 7) is 0. The first-order valence-corrected chi connectivity index (χ1v) is 6.50. The highest BCUT2D eigenvalue weighted by Crippen LogP contribution is 2.26. The molecule has 0 unspecified atom stereocenters. The van der Waals surface area contributed by atoms with Gasteiger partial charge in [-0.05, 0) is 36.5 Å². The Morgan fingerprint density at radius 3 is 2.85 bits per heavy atom. The van der Waals surface area contributed by atoms with E-state index in [1.54, 1.807) is 16.7 Å². The van der Waals surface area contributed by atoms with Crippen LogP contribution in [0, 0.1) is 10.6 Å². The maximum Gasteiger partial charge on any atom is 0.215 e. The van der Waals surface area contributed by atoms with E-state index in [4.69, 9.17) is 28.6 Å². The number of ether oxygens (including phenoxy) is 1. The minimum atomic E-state index is -0.407. The molecular weight excluding hydrogens is 301 g/mol. The van der Waals surface area contributed by atoms with Crippen LogP contribution in [0.1, 0.15) is 0 Å². The fourth-order valence-corrected chi connectivity index (χ4v) is 2.51. The van der Waals surface area contributed by atoms with Gasteiger partial charge in [-0.2, -0.15) is 4.98 Å². The molecule has 0 spiro atoms. The van der Waals surface area contributed by atoms with E-state index in [1.807, 2.05) is 6.07 Å². The zero-order chi connectivity index (χ0) is 14.3. The van der Waals surface area contributed by atoms with Gasteiger partial charge in [0.25, 0.3) is 0 Å². The number of hydrogen-bond donors (Lipinski definition) is 1. The topological polar surface area (TPSA) is 42.8 Å². The van der Waals surface area contributed by atoms with Crippen molar-refractivity contribution in [2.45, 2.75) is 0 Å². The van der Waals surface area contributed by atoms with E-state index < -0.39 is 5.82 Å². The lowest BCUT2D eigenvalue weighted by molar-refractivity contribution is 0.399. The average Bonchev–Trinajstić information content (AvgIpc) is 2.74. The van der Waals surface area contributed by atoms with Crippen molar-refractivity contribution in [3.05, 3.63) is 45.9 Å². The number of nitrogens with one attached hydrogen (secondary N) is 1. The Morgan fingerprint density at radius 2 is 2.15 bits per heavy atom. The Morgan fingerprint density at radius 1 is 1.35 bits per heavy atom. The first kappa shape index (κ1) is 13.1. The maximum absolute atomic E-state index is 13.2. The molecule has 0 aliphatic carbocycles. The molecule has 3 rings (SSSR count). The molecule has 102 valence electrons. The molecule has 0 aliphatic rings. The van der Waals surface area contributed by atoms with Crippen molar-refractivity contribution >= 4 is 35.0 Å². The fourth-order valence-electron chi connectivity index (χ4n) is 1.97. The second-order valence-corrected chi connectivity index (χ2v) is 4.88. The van der Waals surface area contributed by atoms with Crippen molar-refractivity contribution in [3.63, 3.8) is 0 Å². The predicted molar refractivity (Wildman–Crippen MR) is 77.8 cm³/mol. The van der Waals surface area contributed by atoms with Crippen LogP contribution in [0.3, 0.4) is 0 Å². The smallest absolute Gasteiger partial charge is 0.215 e. The highest BCUT2D eigenvalue weighted by molar-refractivity contribution is 7.71. The Bertz CT molecular complexity index is 858. The number of aromatic amines is 1. The third kappa shape index (κ3) is 2.07. The van der Waals surface area contributed by atoms with Crippen LogP contribution in [-0.4, -0.2) is 21.6 Å². The van der Waals surface area contributed by atoms with Gasteiger partial charge in [0.15, 0.2) is 10.4 Å². The van der Waals surface area contributed by atoms with Gasteiger partial charge in [-0.25, -0.2) is 4.39 Å². The van der Waals surface area contributed by atoms with Crippen molar-refractivity contribution in [2.24, 2.45) is 0 Å². The molecule has 0 saturated heterocycles. The van der Waals surface area contributed by atoms with Gasteiger partial charge in [0.05, 0.1) is 23.3 Å². The van der Waals surface area contributed by atoms with E-state index in [0.717, 1.165) is 5.52 Å². The zero-order valence-corrected chi connectivity index (χ0v) is 11.9. The standard InChI is InChI=1S/C13H9ClFN3OS/c1-19-11-5-3-9-12(17-11)18(13(20)16-9)10-4-2-7(15)6-8(10)14/h2-6H,1H3,(H,16,20). The van der Waals surface area contributed by atoms with Crippen LogP contribution in [0.15, 0.2) is 30.3 Å². The number of hydrogen-bond acceptors (Lipinski definition) is 3. The molecule has 4 nitrogen and oxygen atoms in total.